The Morgan fingerprint density at radius 3 is 2.74 bits per heavy atom. The van der Waals surface area contributed by atoms with Crippen molar-refractivity contribution in [2.24, 2.45) is 0 Å². The molecule has 1 aliphatic heterocycles. The number of carbonyl (C=O) groups is 1. The van der Waals surface area contributed by atoms with Crippen LogP contribution in [0.1, 0.15) is 45.6 Å². The summed E-state index contributed by atoms with van der Waals surface area (Å²) in [4.78, 5) is 18.4. The highest BCUT2D eigenvalue weighted by Gasteiger charge is 2.31. The van der Waals surface area contributed by atoms with E-state index >= 15 is 0 Å². The van der Waals surface area contributed by atoms with Gasteiger partial charge in [-0.2, -0.15) is 0 Å². The van der Waals surface area contributed by atoms with E-state index in [2.05, 4.69) is 4.98 Å². The summed E-state index contributed by atoms with van der Waals surface area (Å²) in [5.41, 5.74) is 0.523. The predicted molar refractivity (Wildman–Crippen MR) is 90.8 cm³/mol. The number of pyridine rings is 1. The summed E-state index contributed by atoms with van der Waals surface area (Å²) in [5, 5.41) is 0.574. The first-order valence-electron chi connectivity index (χ1n) is 8.07. The minimum absolute atomic E-state index is 0.0532. The number of piperidine rings is 1. The fourth-order valence-electron chi connectivity index (χ4n) is 2.58. The number of carbonyl (C=O) groups excluding carboxylic acids is 1. The average Bonchev–Trinajstić information content (AvgIpc) is 2.46. The van der Waals surface area contributed by atoms with Gasteiger partial charge in [-0.15, -0.1) is 0 Å². The molecule has 2 atom stereocenters. The molecule has 2 heterocycles. The zero-order valence-corrected chi connectivity index (χ0v) is 15.2. The Bertz CT molecular complexity index is 566. The first kappa shape index (κ1) is 17.9. The van der Waals surface area contributed by atoms with Crippen LogP contribution in [-0.2, 0) is 15.5 Å². The zero-order chi connectivity index (χ0) is 17.0. The van der Waals surface area contributed by atoms with Crippen molar-refractivity contribution in [3.8, 4) is 0 Å². The van der Waals surface area contributed by atoms with E-state index in [1.165, 1.54) is 0 Å². The molecule has 0 radical (unpaired) electrons. The number of aromatic nitrogens is 1. The minimum Gasteiger partial charge on any atom is -0.444 e. The summed E-state index contributed by atoms with van der Waals surface area (Å²) in [5.74, 6) is 0.412. The monoisotopic (exact) mass is 338 g/mol. The normalized spacial score (nSPS) is 20.2. The van der Waals surface area contributed by atoms with Gasteiger partial charge in [0.25, 0.3) is 0 Å². The highest BCUT2D eigenvalue weighted by Crippen LogP contribution is 2.22. The van der Waals surface area contributed by atoms with Crippen molar-refractivity contribution >= 4 is 16.9 Å². The predicted octanol–water partition coefficient (Wildman–Crippen LogP) is 3.29. The van der Waals surface area contributed by atoms with Gasteiger partial charge in [-0.3, -0.25) is 4.21 Å². The minimum atomic E-state index is -1.21. The molecule has 23 heavy (non-hydrogen) atoms. The van der Waals surface area contributed by atoms with E-state index in [0.717, 1.165) is 24.8 Å². The van der Waals surface area contributed by atoms with Crippen molar-refractivity contribution < 1.29 is 13.7 Å². The summed E-state index contributed by atoms with van der Waals surface area (Å²) in [6.07, 6.45) is 4.28. The van der Waals surface area contributed by atoms with Crippen molar-refractivity contribution in [2.75, 3.05) is 12.3 Å². The number of hydrogen-bond donors (Lipinski definition) is 0. The first-order chi connectivity index (χ1) is 10.8. The van der Waals surface area contributed by atoms with Gasteiger partial charge in [0.05, 0.1) is 16.6 Å². The lowest BCUT2D eigenvalue weighted by Gasteiger charge is -2.36. The van der Waals surface area contributed by atoms with E-state index in [4.69, 9.17) is 4.74 Å². The molecule has 0 bridgehead atoms. The van der Waals surface area contributed by atoms with Crippen LogP contribution < -0.4 is 0 Å². The molecule has 1 fully saturated rings. The number of rotatable bonds is 3. The fourth-order valence-corrected chi connectivity index (χ4v) is 3.84. The number of ether oxygens (including phenoxy) is 1. The quantitative estimate of drug-likeness (QED) is 0.848. The van der Waals surface area contributed by atoms with Crippen molar-refractivity contribution in [3.63, 3.8) is 0 Å². The molecule has 128 valence electrons. The summed E-state index contributed by atoms with van der Waals surface area (Å²) in [6.45, 7) is 8.19. The summed E-state index contributed by atoms with van der Waals surface area (Å²) in [7, 11) is -1.21. The largest absolute Gasteiger partial charge is 0.444 e. The average molecular weight is 338 g/mol. The Kier molecular flexibility index (Phi) is 5.79. The molecule has 0 saturated carbocycles. The van der Waals surface area contributed by atoms with E-state index in [1.54, 1.807) is 17.2 Å². The molecule has 0 spiro atoms. The second-order valence-corrected chi connectivity index (χ2v) is 8.45. The van der Waals surface area contributed by atoms with E-state index in [9.17, 15) is 9.00 Å². The third kappa shape index (κ3) is 5.30. The van der Waals surface area contributed by atoms with Gasteiger partial charge in [-0.1, -0.05) is 6.07 Å². The van der Waals surface area contributed by atoms with Gasteiger partial charge in [0.2, 0.25) is 0 Å². The maximum atomic E-state index is 12.5. The van der Waals surface area contributed by atoms with E-state index in [-0.39, 0.29) is 12.1 Å². The first-order valence-corrected chi connectivity index (χ1v) is 9.39. The smallest absolute Gasteiger partial charge is 0.410 e. The van der Waals surface area contributed by atoms with Crippen LogP contribution in [0.2, 0.25) is 0 Å². The van der Waals surface area contributed by atoms with Crippen molar-refractivity contribution in [2.45, 2.75) is 63.6 Å². The fraction of sp³-hybridized carbons (Fsp3) is 0.647. The topological polar surface area (TPSA) is 59.5 Å². The van der Waals surface area contributed by atoms with Gasteiger partial charge in [-0.05, 0) is 58.6 Å². The van der Waals surface area contributed by atoms with Crippen LogP contribution in [0.5, 0.6) is 0 Å². The number of hydrogen-bond acceptors (Lipinski definition) is 4. The molecule has 0 N–H and O–H groups in total. The van der Waals surface area contributed by atoms with Crippen LogP contribution >= 0.6 is 0 Å². The lowest BCUT2D eigenvalue weighted by atomic mass is 10.0. The Morgan fingerprint density at radius 2 is 2.13 bits per heavy atom. The van der Waals surface area contributed by atoms with Gasteiger partial charge in [0, 0.05) is 18.8 Å². The Labute approximate surface area is 140 Å². The number of likely N-dealkylation sites (tertiary alicyclic amines) is 1. The van der Waals surface area contributed by atoms with Crippen molar-refractivity contribution in [1.82, 2.24) is 9.88 Å². The standard InChI is InChI=1S/C17H26N2O3S/c1-13-8-9-15(18-11-13)23(21)12-14-7-5-6-10-19(14)16(20)22-17(2,3)4/h8-9,11,14H,5-7,10,12H2,1-4H3/t14-,23-/m0/s1. The Balaban J connectivity index is 2.04. The molecule has 1 amide bonds. The Hall–Kier alpha value is -1.43. The van der Waals surface area contributed by atoms with Crippen LogP contribution in [0.4, 0.5) is 4.79 Å². The highest BCUT2D eigenvalue weighted by molar-refractivity contribution is 7.85. The molecule has 2 rings (SSSR count). The third-order valence-electron chi connectivity index (χ3n) is 3.72. The Morgan fingerprint density at radius 1 is 1.39 bits per heavy atom. The van der Waals surface area contributed by atoms with Crippen molar-refractivity contribution in [1.29, 1.82) is 0 Å². The molecule has 1 aromatic heterocycles. The maximum absolute atomic E-state index is 12.5. The molecular weight excluding hydrogens is 312 g/mol. The van der Waals surface area contributed by atoms with Crippen molar-refractivity contribution in [3.05, 3.63) is 23.9 Å². The number of amides is 1. The SMILES string of the molecule is Cc1ccc([S@@](=O)C[C@@H]2CCCCN2C(=O)OC(C)(C)C)nc1. The molecule has 1 aromatic rings. The molecule has 0 unspecified atom stereocenters. The van der Waals surface area contributed by atoms with Gasteiger partial charge in [-0.25, -0.2) is 9.78 Å². The third-order valence-corrected chi connectivity index (χ3v) is 5.11. The number of aryl methyl sites for hydroxylation is 1. The maximum Gasteiger partial charge on any atom is 0.410 e. The molecule has 5 nitrogen and oxygen atoms in total. The molecule has 1 aliphatic rings. The van der Waals surface area contributed by atoms with Crippen LogP contribution in [-0.4, -0.2) is 44.1 Å². The van der Waals surface area contributed by atoms with Gasteiger partial charge >= 0.3 is 6.09 Å². The number of nitrogens with zero attached hydrogens (tertiary/aromatic N) is 2. The molecular formula is C17H26N2O3S. The van der Waals surface area contributed by atoms with Gasteiger partial charge < -0.3 is 9.64 Å². The van der Waals surface area contributed by atoms with Crippen LogP contribution in [0.3, 0.4) is 0 Å². The summed E-state index contributed by atoms with van der Waals surface area (Å²) in [6, 6.07) is 3.65. The van der Waals surface area contributed by atoms with E-state index in [0.29, 0.717) is 17.3 Å². The van der Waals surface area contributed by atoms with E-state index < -0.39 is 16.4 Å². The molecule has 6 heteroatoms. The molecule has 1 saturated heterocycles. The highest BCUT2D eigenvalue weighted by atomic mass is 32.2. The van der Waals surface area contributed by atoms with Crippen LogP contribution in [0.25, 0.3) is 0 Å². The summed E-state index contributed by atoms with van der Waals surface area (Å²) >= 11 is 0. The van der Waals surface area contributed by atoms with E-state index in [1.807, 2.05) is 33.8 Å². The van der Waals surface area contributed by atoms with Gasteiger partial charge in [0.15, 0.2) is 0 Å². The molecule has 0 aliphatic carbocycles. The van der Waals surface area contributed by atoms with Crippen LogP contribution in [0.15, 0.2) is 23.4 Å². The second-order valence-electron chi connectivity index (χ2n) is 7.01. The lowest BCUT2D eigenvalue weighted by Crippen LogP contribution is -2.48. The van der Waals surface area contributed by atoms with Gasteiger partial charge in [0.1, 0.15) is 10.6 Å². The summed E-state index contributed by atoms with van der Waals surface area (Å²) < 4.78 is 18.0. The lowest BCUT2D eigenvalue weighted by molar-refractivity contribution is 0.0125. The second kappa shape index (κ2) is 7.43. The zero-order valence-electron chi connectivity index (χ0n) is 14.4. The van der Waals surface area contributed by atoms with Crippen LogP contribution in [0, 0.1) is 6.92 Å². The molecule has 0 aromatic carbocycles.